The summed E-state index contributed by atoms with van der Waals surface area (Å²) in [4.78, 5) is 14.6. The smallest absolute Gasteiger partial charge is 0.254 e. The van der Waals surface area contributed by atoms with E-state index < -0.39 is 10.0 Å². The molecule has 5 nitrogen and oxygen atoms in total. The predicted molar refractivity (Wildman–Crippen MR) is 101 cm³/mol. The molecule has 3 rings (SSSR count). The van der Waals surface area contributed by atoms with Crippen LogP contribution in [0.5, 0.6) is 0 Å². The van der Waals surface area contributed by atoms with E-state index in [4.69, 9.17) is 0 Å². The second-order valence-electron chi connectivity index (χ2n) is 7.02. The van der Waals surface area contributed by atoms with Gasteiger partial charge in [0.05, 0.1) is 10.9 Å². The van der Waals surface area contributed by atoms with Crippen molar-refractivity contribution < 1.29 is 17.6 Å². The number of nitrogens with zero attached hydrogens (tertiary/aromatic N) is 1. The summed E-state index contributed by atoms with van der Waals surface area (Å²) < 4.78 is 40.7. The van der Waals surface area contributed by atoms with Crippen molar-refractivity contribution in [3.8, 4) is 0 Å². The van der Waals surface area contributed by atoms with Gasteiger partial charge >= 0.3 is 0 Å². The summed E-state index contributed by atoms with van der Waals surface area (Å²) in [7, 11) is -1.98. The SMILES string of the molecule is Cc1ccc(S(=O)(=O)NC2CC2)cc1C(=O)N(C)C(C)c1ccc(F)cc1. The van der Waals surface area contributed by atoms with Gasteiger partial charge in [-0.1, -0.05) is 18.2 Å². The highest BCUT2D eigenvalue weighted by molar-refractivity contribution is 7.89. The molecular weight excluding hydrogens is 367 g/mol. The molecule has 1 aliphatic carbocycles. The Morgan fingerprint density at radius 3 is 2.41 bits per heavy atom. The molecule has 0 heterocycles. The first-order valence-electron chi connectivity index (χ1n) is 8.84. The second-order valence-corrected chi connectivity index (χ2v) is 8.73. The lowest BCUT2D eigenvalue weighted by Gasteiger charge is -2.26. The van der Waals surface area contributed by atoms with Gasteiger partial charge in [0, 0.05) is 18.7 Å². The molecule has 1 aliphatic rings. The fourth-order valence-electron chi connectivity index (χ4n) is 2.82. The number of amides is 1. The Morgan fingerprint density at radius 1 is 1.19 bits per heavy atom. The van der Waals surface area contributed by atoms with Crippen LogP contribution < -0.4 is 4.72 Å². The number of aryl methyl sites for hydroxylation is 1. The average Bonchev–Trinajstić information content (AvgIpc) is 3.44. The number of sulfonamides is 1. The molecule has 27 heavy (non-hydrogen) atoms. The monoisotopic (exact) mass is 390 g/mol. The Balaban J connectivity index is 1.86. The molecule has 0 bridgehead atoms. The molecule has 2 aromatic rings. The molecule has 1 saturated carbocycles. The van der Waals surface area contributed by atoms with Crippen molar-refractivity contribution in [2.75, 3.05) is 7.05 Å². The van der Waals surface area contributed by atoms with Gasteiger partial charge in [-0.3, -0.25) is 4.79 Å². The number of rotatable bonds is 6. The van der Waals surface area contributed by atoms with Crippen molar-refractivity contribution in [2.45, 2.75) is 43.7 Å². The molecule has 0 spiro atoms. The molecule has 1 fully saturated rings. The molecule has 0 aromatic heterocycles. The summed E-state index contributed by atoms with van der Waals surface area (Å²) in [6.45, 7) is 3.62. The predicted octanol–water partition coefficient (Wildman–Crippen LogP) is 3.41. The number of hydrogen-bond acceptors (Lipinski definition) is 3. The molecule has 7 heteroatoms. The molecule has 0 radical (unpaired) electrons. The van der Waals surface area contributed by atoms with E-state index in [1.807, 2.05) is 6.92 Å². The van der Waals surface area contributed by atoms with Gasteiger partial charge in [0.15, 0.2) is 0 Å². The number of nitrogens with one attached hydrogen (secondary N) is 1. The first-order valence-corrected chi connectivity index (χ1v) is 10.3. The highest BCUT2D eigenvalue weighted by atomic mass is 32.2. The first-order chi connectivity index (χ1) is 12.7. The summed E-state index contributed by atoms with van der Waals surface area (Å²) in [5.74, 6) is -0.621. The third kappa shape index (κ3) is 4.36. The highest BCUT2D eigenvalue weighted by Gasteiger charge is 2.29. The Morgan fingerprint density at radius 2 is 1.81 bits per heavy atom. The number of benzene rings is 2. The maximum absolute atomic E-state index is 13.1. The van der Waals surface area contributed by atoms with E-state index in [2.05, 4.69) is 4.72 Å². The third-order valence-electron chi connectivity index (χ3n) is 4.90. The Bertz CT molecular complexity index is 954. The fraction of sp³-hybridized carbons (Fsp3) is 0.350. The minimum absolute atomic E-state index is 0.00312. The van der Waals surface area contributed by atoms with Gasteiger partial charge in [-0.25, -0.2) is 17.5 Å². The van der Waals surface area contributed by atoms with Crippen LogP contribution in [0.4, 0.5) is 4.39 Å². The van der Waals surface area contributed by atoms with Crippen LogP contribution in [0.25, 0.3) is 0 Å². The van der Waals surface area contributed by atoms with Crippen LogP contribution in [-0.4, -0.2) is 32.3 Å². The van der Waals surface area contributed by atoms with Gasteiger partial charge in [0.2, 0.25) is 10.0 Å². The molecule has 1 atom stereocenters. The Kier molecular flexibility index (Phi) is 5.35. The first kappa shape index (κ1) is 19.5. The van der Waals surface area contributed by atoms with E-state index in [0.29, 0.717) is 11.1 Å². The van der Waals surface area contributed by atoms with Crippen LogP contribution in [-0.2, 0) is 10.0 Å². The van der Waals surface area contributed by atoms with Gasteiger partial charge in [-0.15, -0.1) is 0 Å². The van der Waals surface area contributed by atoms with E-state index >= 15 is 0 Å². The zero-order valence-electron chi connectivity index (χ0n) is 15.6. The van der Waals surface area contributed by atoms with Crippen LogP contribution in [0.15, 0.2) is 47.4 Å². The lowest BCUT2D eigenvalue weighted by atomic mass is 10.0. The molecule has 1 N–H and O–H groups in total. The summed E-state index contributed by atoms with van der Waals surface area (Å²) in [6, 6.07) is 10.3. The quantitative estimate of drug-likeness (QED) is 0.822. The molecule has 0 aliphatic heterocycles. The van der Waals surface area contributed by atoms with Crippen molar-refractivity contribution in [1.29, 1.82) is 0 Å². The molecule has 1 unspecified atom stereocenters. The summed E-state index contributed by atoms with van der Waals surface area (Å²) in [5.41, 5.74) is 1.83. The highest BCUT2D eigenvalue weighted by Crippen LogP contribution is 2.25. The van der Waals surface area contributed by atoms with Crippen molar-refractivity contribution in [1.82, 2.24) is 9.62 Å². The zero-order chi connectivity index (χ0) is 19.8. The van der Waals surface area contributed by atoms with Crippen LogP contribution in [0.3, 0.4) is 0 Å². The number of carbonyl (C=O) groups is 1. The van der Waals surface area contributed by atoms with Gasteiger partial charge < -0.3 is 4.90 Å². The molecule has 144 valence electrons. The maximum Gasteiger partial charge on any atom is 0.254 e. The largest absolute Gasteiger partial charge is 0.335 e. The van der Waals surface area contributed by atoms with E-state index in [1.165, 1.54) is 29.2 Å². The fourth-order valence-corrected chi connectivity index (χ4v) is 4.15. The number of hydrogen-bond donors (Lipinski definition) is 1. The van der Waals surface area contributed by atoms with Crippen LogP contribution in [0.2, 0.25) is 0 Å². The third-order valence-corrected chi connectivity index (χ3v) is 6.42. The van der Waals surface area contributed by atoms with Gasteiger partial charge in [-0.05, 0) is 62.1 Å². The summed E-state index contributed by atoms with van der Waals surface area (Å²) >= 11 is 0. The van der Waals surface area contributed by atoms with Crippen molar-refractivity contribution in [2.24, 2.45) is 0 Å². The minimum atomic E-state index is -3.64. The van der Waals surface area contributed by atoms with Crippen LogP contribution in [0, 0.1) is 12.7 Å². The molecule has 0 saturated heterocycles. The molecular formula is C20H23FN2O3S. The standard InChI is InChI=1S/C20H23FN2O3S/c1-13-4-11-18(27(25,26)22-17-9-10-17)12-19(13)20(24)23(3)14(2)15-5-7-16(21)8-6-15/h4-8,11-12,14,17,22H,9-10H2,1-3H3. The molecule has 1 amide bonds. The lowest BCUT2D eigenvalue weighted by Crippen LogP contribution is -2.31. The van der Waals surface area contributed by atoms with Crippen LogP contribution >= 0.6 is 0 Å². The number of carbonyl (C=O) groups excluding carboxylic acids is 1. The summed E-state index contributed by atoms with van der Waals surface area (Å²) in [6.07, 6.45) is 1.68. The summed E-state index contributed by atoms with van der Waals surface area (Å²) in [5, 5.41) is 0. The average molecular weight is 390 g/mol. The van der Waals surface area contributed by atoms with Crippen LogP contribution in [0.1, 0.15) is 47.3 Å². The van der Waals surface area contributed by atoms with E-state index in [1.54, 1.807) is 32.2 Å². The Labute approximate surface area is 159 Å². The van der Waals surface area contributed by atoms with E-state index in [0.717, 1.165) is 18.4 Å². The lowest BCUT2D eigenvalue weighted by molar-refractivity contribution is 0.0741. The zero-order valence-corrected chi connectivity index (χ0v) is 16.4. The minimum Gasteiger partial charge on any atom is -0.335 e. The van der Waals surface area contributed by atoms with Crippen molar-refractivity contribution in [3.63, 3.8) is 0 Å². The van der Waals surface area contributed by atoms with E-state index in [9.17, 15) is 17.6 Å². The van der Waals surface area contributed by atoms with Gasteiger partial charge in [-0.2, -0.15) is 0 Å². The maximum atomic E-state index is 13.1. The second kappa shape index (κ2) is 7.40. The van der Waals surface area contributed by atoms with Crippen molar-refractivity contribution >= 4 is 15.9 Å². The normalized spacial score (nSPS) is 15.4. The Hall–Kier alpha value is -2.25. The number of halogens is 1. The van der Waals surface area contributed by atoms with Gasteiger partial charge in [0.25, 0.3) is 5.91 Å². The van der Waals surface area contributed by atoms with Crippen molar-refractivity contribution in [3.05, 3.63) is 65.0 Å². The van der Waals surface area contributed by atoms with E-state index in [-0.39, 0.29) is 28.7 Å². The molecule has 2 aromatic carbocycles. The topological polar surface area (TPSA) is 66.5 Å². The van der Waals surface area contributed by atoms with Gasteiger partial charge in [0.1, 0.15) is 5.82 Å².